The van der Waals surface area contributed by atoms with Crippen LogP contribution in [0.4, 0.5) is 4.39 Å². The zero-order valence-electron chi connectivity index (χ0n) is 9.61. The predicted molar refractivity (Wildman–Crippen MR) is 68.8 cm³/mol. The third-order valence-corrected chi connectivity index (χ3v) is 3.16. The van der Waals surface area contributed by atoms with E-state index in [9.17, 15) is 4.39 Å². The van der Waals surface area contributed by atoms with Gasteiger partial charge in [0.25, 0.3) is 5.19 Å². The van der Waals surface area contributed by atoms with Gasteiger partial charge in [0.1, 0.15) is 16.6 Å². The van der Waals surface area contributed by atoms with Crippen LogP contribution in [0, 0.1) is 5.82 Å². The van der Waals surface area contributed by atoms with E-state index in [0.29, 0.717) is 17.5 Å². The first-order valence-corrected chi connectivity index (χ1v) is 6.54. The number of nitrogens with one attached hydrogen (secondary N) is 1. The summed E-state index contributed by atoms with van der Waals surface area (Å²) in [6, 6.07) is 4.15. The number of nitrogens with zero attached hydrogens (tertiary/aromatic N) is 2. The zero-order chi connectivity index (χ0) is 13.0. The maximum atomic E-state index is 13.0. The molecule has 0 saturated carbocycles. The van der Waals surface area contributed by atoms with Gasteiger partial charge in [0.05, 0.1) is 5.02 Å². The van der Waals surface area contributed by atoms with Crippen LogP contribution in [0.3, 0.4) is 0 Å². The van der Waals surface area contributed by atoms with Crippen molar-refractivity contribution in [2.45, 2.75) is 13.5 Å². The molecular weight excluding hydrogens is 277 g/mol. The number of halogens is 2. The van der Waals surface area contributed by atoms with Gasteiger partial charge in [0, 0.05) is 12.6 Å². The fourth-order valence-corrected chi connectivity index (χ4v) is 2.07. The number of rotatable bonds is 5. The average Bonchev–Trinajstić information content (AvgIpc) is 2.79. The van der Waals surface area contributed by atoms with Crippen molar-refractivity contribution in [3.05, 3.63) is 34.0 Å². The number of benzene rings is 1. The van der Waals surface area contributed by atoms with E-state index in [-0.39, 0.29) is 5.02 Å². The molecule has 0 bridgehead atoms. The smallest absolute Gasteiger partial charge is 0.299 e. The van der Waals surface area contributed by atoms with E-state index < -0.39 is 5.82 Å². The third kappa shape index (κ3) is 3.38. The summed E-state index contributed by atoms with van der Waals surface area (Å²) in [5.41, 5.74) is 0. The highest BCUT2D eigenvalue weighted by Crippen LogP contribution is 2.27. The largest absolute Gasteiger partial charge is 0.430 e. The third-order valence-electron chi connectivity index (χ3n) is 2.07. The Kier molecular flexibility index (Phi) is 4.46. The normalized spacial score (nSPS) is 10.6. The molecule has 0 amide bonds. The molecule has 0 spiro atoms. The van der Waals surface area contributed by atoms with E-state index in [4.69, 9.17) is 16.3 Å². The van der Waals surface area contributed by atoms with Gasteiger partial charge in [0.15, 0.2) is 0 Å². The lowest BCUT2D eigenvalue weighted by Crippen LogP contribution is -2.11. The summed E-state index contributed by atoms with van der Waals surface area (Å²) in [5.74, 6) is -0.0401. The molecule has 0 aliphatic rings. The van der Waals surface area contributed by atoms with Gasteiger partial charge in [-0.3, -0.25) is 0 Å². The van der Waals surface area contributed by atoms with Gasteiger partial charge in [-0.2, -0.15) is 0 Å². The van der Waals surface area contributed by atoms with Gasteiger partial charge >= 0.3 is 0 Å². The van der Waals surface area contributed by atoms with E-state index in [2.05, 4.69) is 15.5 Å². The lowest BCUT2D eigenvalue weighted by Gasteiger charge is -2.01. The lowest BCUT2D eigenvalue weighted by molar-refractivity contribution is 0.471. The molecule has 96 valence electrons. The maximum absolute atomic E-state index is 13.0. The fourth-order valence-electron chi connectivity index (χ4n) is 1.22. The van der Waals surface area contributed by atoms with E-state index in [1.807, 2.05) is 6.92 Å². The first-order chi connectivity index (χ1) is 8.69. The summed E-state index contributed by atoms with van der Waals surface area (Å²) < 4.78 is 18.4. The predicted octanol–water partition coefficient (Wildman–Crippen LogP) is 3.23. The van der Waals surface area contributed by atoms with Crippen LogP contribution in [0.25, 0.3) is 0 Å². The molecule has 0 saturated heterocycles. The Balaban J connectivity index is 2.04. The summed E-state index contributed by atoms with van der Waals surface area (Å²) in [5, 5.41) is 12.2. The highest BCUT2D eigenvalue weighted by atomic mass is 35.5. The summed E-state index contributed by atoms with van der Waals surface area (Å²) in [6.07, 6.45) is 0. The van der Waals surface area contributed by atoms with Crippen molar-refractivity contribution in [2.75, 3.05) is 6.54 Å². The maximum Gasteiger partial charge on any atom is 0.299 e. The lowest BCUT2D eigenvalue weighted by atomic mass is 10.3. The van der Waals surface area contributed by atoms with Crippen molar-refractivity contribution in [3.63, 3.8) is 0 Å². The van der Waals surface area contributed by atoms with Crippen molar-refractivity contribution in [3.8, 4) is 10.9 Å². The first kappa shape index (κ1) is 13.2. The quantitative estimate of drug-likeness (QED) is 0.917. The van der Waals surface area contributed by atoms with Gasteiger partial charge in [-0.05, 0) is 18.7 Å². The molecule has 0 aliphatic heterocycles. The van der Waals surface area contributed by atoms with Crippen LogP contribution < -0.4 is 10.1 Å². The van der Waals surface area contributed by atoms with Gasteiger partial charge in [-0.1, -0.05) is 35.0 Å². The van der Waals surface area contributed by atoms with E-state index in [1.165, 1.54) is 29.5 Å². The molecule has 4 nitrogen and oxygen atoms in total. The molecule has 0 radical (unpaired) electrons. The van der Waals surface area contributed by atoms with Gasteiger partial charge < -0.3 is 10.1 Å². The van der Waals surface area contributed by atoms with Gasteiger partial charge in [0.2, 0.25) is 0 Å². The number of ether oxygens (including phenoxy) is 1. The van der Waals surface area contributed by atoms with Crippen molar-refractivity contribution in [2.24, 2.45) is 0 Å². The second-order valence-corrected chi connectivity index (χ2v) is 4.85. The van der Waals surface area contributed by atoms with Crippen LogP contribution >= 0.6 is 22.9 Å². The van der Waals surface area contributed by atoms with Crippen molar-refractivity contribution in [1.82, 2.24) is 15.5 Å². The molecule has 0 atom stereocenters. The highest BCUT2D eigenvalue weighted by molar-refractivity contribution is 7.13. The summed E-state index contributed by atoms with van der Waals surface area (Å²) in [7, 11) is 0. The van der Waals surface area contributed by atoms with Crippen LogP contribution in [-0.4, -0.2) is 16.7 Å². The molecule has 0 unspecified atom stereocenters. The van der Waals surface area contributed by atoms with E-state index in [1.54, 1.807) is 0 Å². The minimum absolute atomic E-state index is 0.0184. The Hall–Kier alpha value is -1.24. The Morgan fingerprint density at radius 3 is 3.00 bits per heavy atom. The minimum atomic E-state index is -0.478. The molecule has 2 rings (SSSR count). The second-order valence-electron chi connectivity index (χ2n) is 3.42. The average molecular weight is 288 g/mol. The van der Waals surface area contributed by atoms with Crippen LogP contribution in [0.1, 0.15) is 11.9 Å². The summed E-state index contributed by atoms with van der Waals surface area (Å²) in [6.45, 7) is 3.53. The summed E-state index contributed by atoms with van der Waals surface area (Å²) in [4.78, 5) is 0. The molecule has 0 fully saturated rings. The van der Waals surface area contributed by atoms with E-state index in [0.717, 1.165) is 11.6 Å². The molecule has 18 heavy (non-hydrogen) atoms. The van der Waals surface area contributed by atoms with Gasteiger partial charge in [-0.25, -0.2) is 4.39 Å². The molecule has 7 heteroatoms. The Labute approximate surface area is 113 Å². The van der Waals surface area contributed by atoms with Gasteiger partial charge in [-0.15, -0.1) is 5.10 Å². The van der Waals surface area contributed by atoms with E-state index >= 15 is 0 Å². The molecule has 0 aliphatic carbocycles. The molecule has 1 aromatic heterocycles. The van der Waals surface area contributed by atoms with Crippen LogP contribution in [0.2, 0.25) is 5.02 Å². The van der Waals surface area contributed by atoms with Crippen LogP contribution in [0.5, 0.6) is 10.9 Å². The molecule has 1 aromatic carbocycles. The number of hydrogen-bond acceptors (Lipinski definition) is 5. The van der Waals surface area contributed by atoms with Crippen LogP contribution in [0.15, 0.2) is 18.2 Å². The Morgan fingerprint density at radius 1 is 1.44 bits per heavy atom. The van der Waals surface area contributed by atoms with Crippen molar-refractivity contribution >= 4 is 22.9 Å². The topological polar surface area (TPSA) is 47.0 Å². The van der Waals surface area contributed by atoms with Crippen molar-refractivity contribution in [1.29, 1.82) is 0 Å². The SMILES string of the molecule is CCNCc1nnc(Oc2ccc(F)c(Cl)c2)s1. The number of aromatic nitrogens is 2. The molecule has 1 N–H and O–H groups in total. The zero-order valence-corrected chi connectivity index (χ0v) is 11.2. The molecular formula is C11H11ClFN3OS. The highest BCUT2D eigenvalue weighted by Gasteiger charge is 2.07. The Morgan fingerprint density at radius 2 is 2.28 bits per heavy atom. The second kappa shape index (κ2) is 6.08. The Bertz CT molecular complexity index is 535. The first-order valence-electron chi connectivity index (χ1n) is 5.35. The molecule has 2 aromatic rings. The minimum Gasteiger partial charge on any atom is -0.430 e. The van der Waals surface area contributed by atoms with Crippen LogP contribution in [-0.2, 0) is 6.54 Å². The summed E-state index contributed by atoms with van der Waals surface area (Å²) >= 11 is 6.99. The van der Waals surface area contributed by atoms with Crippen molar-refractivity contribution < 1.29 is 9.13 Å². The molecule has 1 heterocycles. The monoisotopic (exact) mass is 287 g/mol. The fraction of sp³-hybridized carbons (Fsp3) is 0.273. The number of hydrogen-bond donors (Lipinski definition) is 1. The standard InChI is InChI=1S/C11H11ClFN3OS/c1-2-14-6-10-15-16-11(18-10)17-7-3-4-9(13)8(12)5-7/h3-5,14H,2,6H2,1H3.